The highest BCUT2D eigenvalue weighted by atomic mass is 19.1. The molecule has 0 saturated heterocycles. The zero-order chi connectivity index (χ0) is 19.7. The van der Waals surface area contributed by atoms with E-state index in [1.165, 1.54) is 17.0 Å². The highest BCUT2D eigenvalue weighted by molar-refractivity contribution is 5.97. The fourth-order valence-corrected chi connectivity index (χ4v) is 2.72. The van der Waals surface area contributed by atoms with Crippen molar-refractivity contribution in [1.29, 1.82) is 0 Å². The number of carbonyl (C=O) groups is 1. The predicted octanol–water partition coefficient (Wildman–Crippen LogP) is 3.16. The van der Waals surface area contributed by atoms with Crippen molar-refractivity contribution < 1.29 is 19.0 Å². The first kappa shape index (κ1) is 17.5. The summed E-state index contributed by atoms with van der Waals surface area (Å²) in [6.07, 6.45) is 1.04. The van der Waals surface area contributed by atoms with Gasteiger partial charge in [-0.1, -0.05) is 6.07 Å². The van der Waals surface area contributed by atoms with Gasteiger partial charge in [-0.3, -0.25) is 4.79 Å². The molecule has 0 aliphatic carbocycles. The van der Waals surface area contributed by atoms with Crippen molar-refractivity contribution in [3.63, 3.8) is 0 Å². The Hall–Kier alpha value is -3.88. The third-order valence-corrected chi connectivity index (χ3v) is 4.16. The summed E-state index contributed by atoms with van der Waals surface area (Å²) in [6, 6.07) is 11.5. The molecule has 1 aromatic heterocycles. The van der Waals surface area contributed by atoms with Crippen LogP contribution in [0.5, 0.6) is 11.5 Å². The highest BCUT2D eigenvalue weighted by Crippen LogP contribution is 2.34. The lowest BCUT2D eigenvalue weighted by atomic mass is 10.2. The molecule has 8 nitrogen and oxygen atoms in total. The lowest BCUT2D eigenvalue weighted by molar-refractivity contribution is -0.120. The third-order valence-electron chi connectivity index (χ3n) is 4.16. The number of carbonyl (C=O) groups excluding carboxylic acids is 1. The molecule has 0 spiro atoms. The number of rotatable bonds is 4. The fraction of sp³-hybridized carbons (Fsp3) is 0.105. The van der Waals surface area contributed by atoms with Crippen LogP contribution in [-0.2, 0) is 4.79 Å². The average Bonchev–Trinajstić information content (AvgIpc) is 2.67. The summed E-state index contributed by atoms with van der Waals surface area (Å²) in [5.74, 6) is -0.0420. The SMILES string of the molecule is CN1C(=O)COc2cc(Nc3nc(Nc4cccc(O)c4)ncc3F)ccc21. The number of nitrogens with zero attached hydrogens (tertiary/aromatic N) is 3. The van der Waals surface area contributed by atoms with Gasteiger partial charge in [-0.05, 0) is 24.3 Å². The van der Waals surface area contributed by atoms with E-state index in [0.29, 0.717) is 22.8 Å². The van der Waals surface area contributed by atoms with Gasteiger partial charge in [-0.25, -0.2) is 9.37 Å². The van der Waals surface area contributed by atoms with Crippen LogP contribution in [0.3, 0.4) is 0 Å². The molecule has 0 fully saturated rings. The smallest absolute Gasteiger partial charge is 0.264 e. The van der Waals surface area contributed by atoms with E-state index in [0.717, 1.165) is 6.20 Å². The largest absolute Gasteiger partial charge is 0.508 e. The monoisotopic (exact) mass is 381 g/mol. The minimum absolute atomic E-state index is 0.0298. The summed E-state index contributed by atoms with van der Waals surface area (Å²) in [5.41, 5.74) is 1.74. The molecule has 0 atom stereocenters. The van der Waals surface area contributed by atoms with E-state index in [1.54, 1.807) is 37.4 Å². The first-order valence-electron chi connectivity index (χ1n) is 8.38. The number of phenols is 1. The van der Waals surface area contributed by atoms with Crippen LogP contribution in [0, 0.1) is 5.82 Å². The predicted molar refractivity (Wildman–Crippen MR) is 102 cm³/mol. The van der Waals surface area contributed by atoms with Crippen molar-refractivity contribution in [2.24, 2.45) is 0 Å². The number of amides is 1. The number of likely N-dealkylation sites (N-methyl/N-ethyl adjacent to an activating group) is 1. The second kappa shape index (κ2) is 7.03. The van der Waals surface area contributed by atoms with Gasteiger partial charge in [0.2, 0.25) is 5.95 Å². The van der Waals surface area contributed by atoms with E-state index in [-0.39, 0.29) is 30.0 Å². The molecule has 0 unspecified atom stereocenters. The van der Waals surface area contributed by atoms with Gasteiger partial charge in [0.25, 0.3) is 5.91 Å². The Kier molecular flexibility index (Phi) is 4.40. The number of benzene rings is 2. The zero-order valence-electron chi connectivity index (χ0n) is 14.8. The van der Waals surface area contributed by atoms with E-state index >= 15 is 0 Å². The molecule has 0 bridgehead atoms. The van der Waals surface area contributed by atoms with Crippen LogP contribution in [0.4, 0.5) is 33.2 Å². The first-order valence-corrected chi connectivity index (χ1v) is 8.38. The quantitative estimate of drug-likeness (QED) is 0.638. The van der Waals surface area contributed by atoms with Crippen molar-refractivity contribution in [3.05, 3.63) is 54.5 Å². The topological polar surface area (TPSA) is 99.6 Å². The molecule has 0 saturated carbocycles. The van der Waals surface area contributed by atoms with Crippen molar-refractivity contribution >= 4 is 34.7 Å². The molecule has 28 heavy (non-hydrogen) atoms. The number of halogens is 1. The normalized spacial score (nSPS) is 12.9. The molecule has 1 amide bonds. The third kappa shape index (κ3) is 3.50. The minimum atomic E-state index is -0.632. The van der Waals surface area contributed by atoms with Crippen LogP contribution < -0.4 is 20.3 Å². The van der Waals surface area contributed by atoms with Crippen LogP contribution in [0.1, 0.15) is 0 Å². The van der Waals surface area contributed by atoms with Gasteiger partial charge in [0.05, 0.1) is 11.9 Å². The molecule has 1 aliphatic heterocycles. The Morgan fingerprint density at radius 1 is 1.18 bits per heavy atom. The summed E-state index contributed by atoms with van der Waals surface area (Å²) in [7, 11) is 1.67. The molecule has 142 valence electrons. The number of aromatic nitrogens is 2. The standard InChI is InChI=1S/C19H16FN5O3/c1-25-15-6-5-12(8-16(15)28-10-17(25)27)22-18-14(20)9-21-19(24-18)23-11-3-2-4-13(26)7-11/h2-9,26H,10H2,1H3,(H2,21,22,23,24). The summed E-state index contributed by atoms with van der Waals surface area (Å²) >= 11 is 0. The number of anilines is 5. The van der Waals surface area contributed by atoms with E-state index in [2.05, 4.69) is 20.6 Å². The fourth-order valence-electron chi connectivity index (χ4n) is 2.72. The van der Waals surface area contributed by atoms with Crippen molar-refractivity contribution in [2.75, 3.05) is 29.2 Å². The number of hydrogen-bond acceptors (Lipinski definition) is 7. The van der Waals surface area contributed by atoms with Crippen molar-refractivity contribution in [3.8, 4) is 11.5 Å². The molecule has 9 heteroatoms. The molecule has 3 N–H and O–H groups in total. The molecule has 0 radical (unpaired) electrons. The van der Waals surface area contributed by atoms with Crippen molar-refractivity contribution in [2.45, 2.75) is 0 Å². The molecule has 3 aromatic rings. The second-order valence-corrected chi connectivity index (χ2v) is 6.11. The maximum atomic E-state index is 14.2. The Morgan fingerprint density at radius 3 is 2.82 bits per heavy atom. The summed E-state index contributed by atoms with van der Waals surface area (Å²) in [4.78, 5) is 21.2. The molecule has 4 rings (SSSR count). The maximum Gasteiger partial charge on any atom is 0.264 e. The van der Waals surface area contributed by atoms with Gasteiger partial charge >= 0.3 is 0 Å². The van der Waals surface area contributed by atoms with Crippen LogP contribution in [0.25, 0.3) is 0 Å². The first-order chi connectivity index (χ1) is 13.5. The minimum Gasteiger partial charge on any atom is -0.508 e. The molecular formula is C19H16FN5O3. The van der Waals surface area contributed by atoms with Gasteiger partial charge in [-0.15, -0.1) is 0 Å². The van der Waals surface area contributed by atoms with Gasteiger partial charge < -0.3 is 25.4 Å². The average molecular weight is 381 g/mol. The lowest BCUT2D eigenvalue weighted by Gasteiger charge is -2.26. The second-order valence-electron chi connectivity index (χ2n) is 6.11. The number of fused-ring (bicyclic) bond motifs is 1. The zero-order valence-corrected chi connectivity index (χ0v) is 14.8. The summed E-state index contributed by atoms with van der Waals surface area (Å²) in [6.45, 7) is -0.0488. The number of phenolic OH excluding ortho intramolecular Hbond substituents is 1. The lowest BCUT2D eigenvalue weighted by Crippen LogP contribution is -2.35. The Bertz CT molecular complexity index is 1060. The van der Waals surface area contributed by atoms with E-state index < -0.39 is 5.82 Å². The number of nitrogens with one attached hydrogen (secondary N) is 2. The van der Waals surface area contributed by atoms with E-state index in [1.807, 2.05) is 0 Å². The molecule has 2 heterocycles. The van der Waals surface area contributed by atoms with E-state index in [9.17, 15) is 14.3 Å². The van der Waals surface area contributed by atoms with Crippen LogP contribution >= 0.6 is 0 Å². The Balaban J connectivity index is 1.57. The number of ether oxygens (including phenoxy) is 1. The summed E-state index contributed by atoms with van der Waals surface area (Å²) in [5, 5.41) is 15.3. The number of aromatic hydroxyl groups is 1. The highest BCUT2D eigenvalue weighted by Gasteiger charge is 2.22. The summed E-state index contributed by atoms with van der Waals surface area (Å²) < 4.78 is 19.6. The number of hydrogen-bond donors (Lipinski definition) is 3. The Labute approximate surface area is 159 Å². The molecular weight excluding hydrogens is 365 g/mol. The van der Waals surface area contributed by atoms with Crippen LogP contribution in [-0.4, -0.2) is 34.6 Å². The van der Waals surface area contributed by atoms with Gasteiger partial charge in [0.15, 0.2) is 18.2 Å². The van der Waals surface area contributed by atoms with Gasteiger partial charge in [0.1, 0.15) is 11.5 Å². The Morgan fingerprint density at radius 2 is 2.00 bits per heavy atom. The van der Waals surface area contributed by atoms with Gasteiger partial charge in [0, 0.05) is 30.6 Å². The van der Waals surface area contributed by atoms with Gasteiger partial charge in [-0.2, -0.15) is 4.98 Å². The van der Waals surface area contributed by atoms with Crippen molar-refractivity contribution in [1.82, 2.24) is 9.97 Å². The van der Waals surface area contributed by atoms with Crippen LogP contribution in [0.15, 0.2) is 48.7 Å². The maximum absolute atomic E-state index is 14.2. The molecule has 2 aromatic carbocycles. The van der Waals surface area contributed by atoms with Crippen LogP contribution in [0.2, 0.25) is 0 Å². The van der Waals surface area contributed by atoms with E-state index in [4.69, 9.17) is 4.74 Å². The molecule has 1 aliphatic rings.